The van der Waals surface area contributed by atoms with Gasteiger partial charge in [-0.1, -0.05) is 12.8 Å². The molecule has 4 nitrogen and oxygen atoms in total. The zero-order valence-corrected chi connectivity index (χ0v) is 10.7. The maximum Gasteiger partial charge on any atom is 0.317 e. The highest BCUT2D eigenvalue weighted by molar-refractivity contribution is 5.74. The molecule has 94 valence electrons. The first-order valence-corrected chi connectivity index (χ1v) is 6.21. The predicted octanol–water partition coefficient (Wildman–Crippen LogP) is 2.00. The summed E-state index contributed by atoms with van der Waals surface area (Å²) >= 11 is 0. The fraction of sp³-hybridized carbons (Fsp3) is 0.917. The van der Waals surface area contributed by atoms with Gasteiger partial charge in [0.2, 0.25) is 0 Å². The number of ether oxygens (including phenoxy) is 1. The van der Waals surface area contributed by atoms with Crippen LogP contribution in [0.2, 0.25) is 0 Å². The first-order valence-electron chi connectivity index (χ1n) is 6.21. The number of rotatable bonds is 5. The van der Waals surface area contributed by atoms with Crippen molar-refractivity contribution in [2.45, 2.75) is 51.6 Å². The van der Waals surface area contributed by atoms with Crippen LogP contribution in [0.4, 0.5) is 4.79 Å². The Morgan fingerprint density at radius 2 is 2.06 bits per heavy atom. The Labute approximate surface area is 98.3 Å². The quantitative estimate of drug-likeness (QED) is 0.782. The SMILES string of the molecule is COCCN(C(=O)NC1CCCC1)C(C)C. The standard InChI is InChI=1S/C12H24N2O2/c1-10(2)14(8-9-16-3)12(15)13-11-6-4-5-7-11/h10-11H,4-9H2,1-3H3,(H,13,15). The minimum absolute atomic E-state index is 0.0546. The van der Waals surface area contributed by atoms with E-state index in [0.717, 1.165) is 12.8 Å². The summed E-state index contributed by atoms with van der Waals surface area (Å²) in [6.45, 7) is 5.32. The molecule has 0 spiro atoms. The van der Waals surface area contributed by atoms with Crippen molar-refractivity contribution in [1.82, 2.24) is 10.2 Å². The van der Waals surface area contributed by atoms with E-state index in [9.17, 15) is 4.79 Å². The maximum atomic E-state index is 12.0. The summed E-state index contributed by atoms with van der Waals surface area (Å²) in [4.78, 5) is 13.8. The van der Waals surface area contributed by atoms with Crippen molar-refractivity contribution in [3.05, 3.63) is 0 Å². The molecule has 1 saturated carbocycles. The molecular formula is C12H24N2O2. The van der Waals surface area contributed by atoms with Gasteiger partial charge in [0.1, 0.15) is 0 Å². The Morgan fingerprint density at radius 1 is 1.44 bits per heavy atom. The van der Waals surface area contributed by atoms with Crippen LogP contribution in [0, 0.1) is 0 Å². The van der Waals surface area contributed by atoms with Crippen molar-refractivity contribution in [2.75, 3.05) is 20.3 Å². The topological polar surface area (TPSA) is 41.6 Å². The van der Waals surface area contributed by atoms with Crippen molar-refractivity contribution in [3.63, 3.8) is 0 Å². The van der Waals surface area contributed by atoms with Crippen molar-refractivity contribution in [1.29, 1.82) is 0 Å². The number of nitrogens with zero attached hydrogens (tertiary/aromatic N) is 1. The van der Waals surface area contributed by atoms with E-state index in [2.05, 4.69) is 5.32 Å². The van der Waals surface area contributed by atoms with E-state index in [1.54, 1.807) is 7.11 Å². The third-order valence-electron chi connectivity index (χ3n) is 3.10. The van der Waals surface area contributed by atoms with E-state index >= 15 is 0 Å². The molecule has 1 aliphatic carbocycles. The lowest BCUT2D eigenvalue weighted by molar-refractivity contribution is 0.134. The highest BCUT2D eigenvalue weighted by Gasteiger charge is 2.22. The number of amides is 2. The van der Waals surface area contributed by atoms with Crippen molar-refractivity contribution in [3.8, 4) is 0 Å². The number of carbonyl (C=O) groups excluding carboxylic acids is 1. The van der Waals surface area contributed by atoms with Gasteiger partial charge in [0.15, 0.2) is 0 Å². The number of hydrogen-bond donors (Lipinski definition) is 1. The van der Waals surface area contributed by atoms with Crippen molar-refractivity contribution >= 4 is 6.03 Å². The molecule has 0 bridgehead atoms. The Hall–Kier alpha value is -0.770. The Morgan fingerprint density at radius 3 is 2.56 bits per heavy atom. The third-order valence-corrected chi connectivity index (χ3v) is 3.10. The number of methoxy groups -OCH3 is 1. The molecule has 0 unspecified atom stereocenters. The average molecular weight is 228 g/mol. The van der Waals surface area contributed by atoms with Crippen LogP contribution >= 0.6 is 0 Å². The molecule has 2 amide bonds. The third kappa shape index (κ3) is 4.00. The van der Waals surface area contributed by atoms with Crippen molar-refractivity contribution < 1.29 is 9.53 Å². The van der Waals surface area contributed by atoms with Crippen molar-refractivity contribution in [2.24, 2.45) is 0 Å². The predicted molar refractivity (Wildman–Crippen MR) is 64.5 cm³/mol. The van der Waals surface area contributed by atoms with Gasteiger partial charge in [0.25, 0.3) is 0 Å². The first kappa shape index (κ1) is 13.3. The van der Waals surface area contributed by atoms with E-state index < -0.39 is 0 Å². The molecule has 1 N–H and O–H groups in total. The summed E-state index contributed by atoms with van der Waals surface area (Å²) in [6.07, 6.45) is 4.74. The lowest BCUT2D eigenvalue weighted by Crippen LogP contribution is -2.48. The van der Waals surface area contributed by atoms with E-state index in [1.165, 1.54) is 12.8 Å². The number of carbonyl (C=O) groups is 1. The molecule has 0 heterocycles. The van der Waals surface area contributed by atoms with Gasteiger partial charge in [-0.05, 0) is 26.7 Å². The highest BCUT2D eigenvalue weighted by atomic mass is 16.5. The molecule has 0 aromatic carbocycles. The minimum atomic E-state index is 0.0546. The molecule has 0 aromatic heterocycles. The summed E-state index contributed by atoms with van der Waals surface area (Å²) in [7, 11) is 1.66. The van der Waals surface area contributed by atoms with Crippen LogP contribution < -0.4 is 5.32 Å². The Balaban J connectivity index is 2.39. The Bertz CT molecular complexity index is 213. The fourth-order valence-electron chi connectivity index (χ4n) is 2.11. The van der Waals surface area contributed by atoms with E-state index in [-0.39, 0.29) is 12.1 Å². The van der Waals surface area contributed by atoms with Crippen LogP contribution in [0.1, 0.15) is 39.5 Å². The van der Waals surface area contributed by atoms with E-state index in [1.807, 2.05) is 18.7 Å². The maximum absolute atomic E-state index is 12.0. The molecule has 0 radical (unpaired) electrons. The normalized spacial score (nSPS) is 16.8. The zero-order chi connectivity index (χ0) is 12.0. The van der Waals surface area contributed by atoms with E-state index in [4.69, 9.17) is 4.74 Å². The summed E-state index contributed by atoms with van der Waals surface area (Å²) in [5, 5.41) is 3.10. The van der Waals surface area contributed by atoms with Crippen LogP contribution in [-0.2, 0) is 4.74 Å². The number of hydrogen-bond acceptors (Lipinski definition) is 2. The Kier molecular flexibility index (Phi) is 5.60. The zero-order valence-electron chi connectivity index (χ0n) is 10.7. The van der Waals surface area contributed by atoms with Gasteiger partial charge >= 0.3 is 6.03 Å². The van der Waals surface area contributed by atoms with Gasteiger partial charge in [-0.15, -0.1) is 0 Å². The highest BCUT2D eigenvalue weighted by Crippen LogP contribution is 2.18. The molecule has 0 saturated heterocycles. The lowest BCUT2D eigenvalue weighted by Gasteiger charge is -2.28. The van der Waals surface area contributed by atoms with Gasteiger partial charge in [-0.25, -0.2) is 4.79 Å². The lowest BCUT2D eigenvalue weighted by atomic mass is 10.2. The van der Waals surface area contributed by atoms with Crippen LogP contribution in [0.5, 0.6) is 0 Å². The smallest absolute Gasteiger partial charge is 0.317 e. The molecule has 1 aliphatic rings. The summed E-state index contributed by atoms with van der Waals surface area (Å²) < 4.78 is 5.02. The second-order valence-electron chi connectivity index (χ2n) is 4.71. The molecule has 0 atom stereocenters. The fourth-order valence-corrected chi connectivity index (χ4v) is 2.11. The molecule has 0 aromatic rings. The van der Waals surface area contributed by atoms with Gasteiger partial charge in [-0.2, -0.15) is 0 Å². The summed E-state index contributed by atoms with van der Waals surface area (Å²) in [6, 6.07) is 0.659. The molecule has 1 rings (SSSR count). The minimum Gasteiger partial charge on any atom is -0.383 e. The van der Waals surface area contributed by atoms with E-state index in [0.29, 0.717) is 19.2 Å². The van der Waals surface area contributed by atoms with Gasteiger partial charge < -0.3 is 15.0 Å². The first-order chi connectivity index (χ1) is 7.65. The van der Waals surface area contributed by atoms with Crippen LogP contribution in [0.15, 0.2) is 0 Å². The molecular weight excluding hydrogens is 204 g/mol. The summed E-state index contributed by atoms with van der Waals surface area (Å²) in [5.41, 5.74) is 0. The summed E-state index contributed by atoms with van der Waals surface area (Å²) in [5.74, 6) is 0. The van der Waals surface area contributed by atoms with Gasteiger partial charge in [-0.3, -0.25) is 0 Å². The number of nitrogens with one attached hydrogen (secondary N) is 1. The average Bonchev–Trinajstić information content (AvgIpc) is 2.70. The van der Waals surface area contributed by atoms with Crippen LogP contribution in [0.3, 0.4) is 0 Å². The van der Waals surface area contributed by atoms with Crippen LogP contribution in [0.25, 0.3) is 0 Å². The molecule has 4 heteroatoms. The van der Waals surface area contributed by atoms with Gasteiger partial charge in [0, 0.05) is 25.7 Å². The van der Waals surface area contributed by atoms with Gasteiger partial charge in [0.05, 0.1) is 6.61 Å². The largest absolute Gasteiger partial charge is 0.383 e. The molecule has 0 aliphatic heterocycles. The monoisotopic (exact) mass is 228 g/mol. The van der Waals surface area contributed by atoms with Crippen LogP contribution in [-0.4, -0.2) is 43.3 Å². The second kappa shape index (κ2) is 6.74. The second-order valence-corrected chi connectivity index (χ2v) is 4.71. The molecule has 1 fully saturated rings. The number of urea groups is 1. The molecule has 16 heavy (non-hydrogen) atoms.